The average Bonchev–Trinajstić information content (AvgIpc) is 3.05. The lowest BCUT2D eigenvalue weighted by molar-refractivity contribution is -0.127. The number of amides is 4. The number of benzene rings is 2. The van der Waals surface area contributed by atoms with Crippen LogP contribution in [0, 0.1) is 12.3 Å². The van der Waals surface area contributed by atoms with Crippen LogP contribution in [0.3, 0.4) is 0 Å². The highest BCUT2D eigenvalue weighted by atomic mass is 16.6. The van der Waals surface area contributed by atoms with E-state index in [1.165, 1.54) is 4.90 Å². The van der Waals surface area contributed by atoms with Crippen molar-refractivity contribution < 1.29 is 23.9 Å². The Labute approximate surface area is 210 Å². The summed E-state index contributed by atoms with van der Waals surface area (Å²) in [5, 5.41) is 0. The van der Waals surface area contributed by atoms with Gasteiger partial charge in [0, 0.05) is 24.2 Å². The maximum atomic E-state index is 13.7. The SMILES string of the molecule is C#CCN1C(=O)N(c2ccc(C(=O)c3ccccc3)cc2)C(=O)C12CCN(C(=O)OC(C)(C)C)CC2. The lowest BCUT2D eigenvalue weighted by Crippen LogP contribution is -2.57. The summed E-state index contributed by atoms with van der Waals surface area (Å²) in [5.41, 5.74) is -0.408. The van der Waals surface area contributed by atoms with E-state index in [-0.39, 0.29) is 44.2 Å². The number of likely N-dealkylation sites (tertiary alicyclic amines) is 1. The molecule has 2 heterocycles. The van der Waals surface area contributed by atoms with Crippen LogP contribution in [0.1, 0.15) is 49.5 Å². The number of piperidine rings is 1. The fourth-order valence-corrected chi connectivity index (χ4v) is 4.64. The highest BCUT2D eigenvalue weighted by Gasteiger charge is 2.58. The summed E-state index contributed by atoms with van der Waals surface area (Å²) in [6.45, 7) is 5.86. The Hall–Kier alpha value is -4.12. The molecule has 8 heteroatoms. The van der Waals surface area contributed by atoms with E-state index in [2.05, 4.69) is 5.92 Å². The van der Waals surface area contributed by atoms with Gasteiger partial charge >= 0.3 is 12.1 Å². The van der Waals surface area contributed by atoms with Crippen molar-refractivity contribution in [2.75, 3.05) is 24.5 Å². The second-order valence-corrected chi connectivity index (χ2v) is 9.95. The quantitative estimate of drug-likeness (QED) is 0.368. The number of ketones is 1. The molecule has 4 rings (SSSR count). The number of anilines is 1. The summed E-state index contributed by atoms with van der Waals surface area (Å²) >= 11 is 0. The molecule has 2 aliphatic rings. The van der Waals surface area contributed by atoms with Crippen molar-refractivity contribution in [2.45, 2.75) is 44.8 Å². The second-order valence-electron chi connectivity index (χ2n) is 9.95. The third kappa shape index (κ3) is 4.57. The average molecular weight is 488 g/mol. The molecule has 2 aromatic rings. The maximum absolute atomic E-state index is 13.7. The van der Waals surface area contributed by atoms with Crippen molar-refractivity contribution in [1.82, 2.24) is 9.80 Å². The van der Waals surface area contributed by atoms with Crippen molar-refractivity contribution >= 4 is 29.5 Å². The standard InChI is InChI=1S/C28H29N3O5/c1-5-17-30-25(34)31(22-13-11-21(12-14-22)23(32)20-9-7-6-8-10-20)24(33)28(30)15-18-29(19-16-28)26(35)36-27(2,3)4/h1,6-14H,15-19H2,2-4H3. The van der Waals surface area contributed by atoms with Crippen molar-refractivity contribution in [3.8, 4) is 12.3 Å². The molecule has 2 saturated heterocycles. The third-order valence-electron chi connectivity index (χ3n) is 6.46. The number of hydrogen-bond donors (Lipinski definition) is 0. The van der Waals surface area contributed by atoms with Gasteiger partial charge in [0.2, 0.25) is 0 Å². The number of imide groups is 1. The Morgan fingerprint density at radius 3 is 2.11 bits per heavy atom. The first-order valence-electron chi connectivity index (χ1n) is 11.8. The van der Waals surface area contributed by atoms with E-state index in [0.29, 0.717) is 16.8 Å². The Balaban J connectivity index is 1.56. The van der Waals surface area contributed by atoms with Crippen molar-refractivity contribution in [2.24, 2.45) is 0 Å². The highest BCUT2D eigenvalue weighted by molar-refractivity contribution is 6.23. The fourth-order valence-electron chi connectivity index (χ4n) is 4.64. The predicted molar refractivity (Wildman–Crippen MR) is 135 cm³/mol. The Bertz CT molecular complexity index is 1220. The smallest absolute Gasteiger partial charge is 0.410 e. The van der Waals surface area contributed by atoms with Gasteiger partial charge < -0.3 is 9.64 Å². The van der Waals surface area contributed by atoms with Crippen LogP contribution in [0.25, 0.3) is 0 Å². The lowest BCUT2D eigenvalue weighted by Gasteiger charge is -2.41. The number of rotatable bonds is 4. The van der Waals surface area contributed by atoms with E-state index in [1.54, 1.807) is 74.2 Å². The first-order chi connectivity index (χ1) is 17.1. The summed E-state index contributed by atoms with van der Waals surface area (Å²) in [4.78, 5) is 56.5. The van der Waals surface area contributed by atoms with Crippen LogP contribution in [0.15, 0.2) is 54.6 Å². The number of urea groups is 1. The van der Waals surface area contributed by atoms with Gasteiger partial charge in [-0.05, 0) is 57.9 Å². The highest BCUT2D eigenvalue weighted by Crippen LogP contribution is 2.39. The minimum Gasteiger partial charge on any atom is -0.444 e. The number of hydrogen-bond acceptors (Lipinski definition) is 5. The van der Waals surface area contributed by atoms with Crippen LogP contribution in [0.5, 0.6) is 0 Å². The monoisotopic (exact) mass is 487 g/mol. The van der Waals surface area contributed by atoms with Gasteiger partial charge in [0.05, 0.1) is 12.2 Å². The van der Waals surface area contributed by atoms with Gasteiger partial charge in [-0.3, -0.25) is 14.5 Å². The zero-order valence-corrected chi connectivity index (χ0v) is 20.7. The number of nitrogens with zero attached hydrogens (tertiary/aromatic N) is 3. The van der Waals surface area contributed by atoms with Gasteiger partial charge in [-0.25, -0.2) is 14.5 Å². The van der Waals surface area contributed by atoms with E-state index >= 15 is 0 Å². The van der Waals surface area contributed by atoms with E-state index in [4.69, 9.17) is 11.2 Å². The molecular formula is C28H29N3O5. The van der Waals surface area contributed by atoms with Gasteiger partial charge in [0.25, 0.3) is 5.91 Å². The Morgan fingerprint density at radius 1 is 0.972 bits per heavy atom. The molecule has 0 saturated carbocycles. The molecule has 36 heavy (non-hydrogen) atoms. The summed E-state index contributed by atoms with van der Waals surface area (Å²) in [6, 6.07) is 14.8. The van der Waals surface area contributed by atoms with Crippen LogP contribution in [-0.2, 0) is 9.53 Å². The molecule has 0 radical (unpaired) electrons. The molecule has 186 valence electrons. The summed E-state index contributed by atoms with van der Waals surface area (Å²) < 4.78 is 5.45. The fraction of sp³-hybridized carbons (Fsp3) is 0.357. The lowest BCUT2D eigenvalue weighted by atomic mass is 9.86. The van der Waals surface area contributed by atoms with Crippen molar-refractivity contribution in [1.29, 1.82) is 0 Å². The summed E-state index contributed by atoms with van der Waals surface area (Å²) in [7, 11) is 0. The van der Waals surface area contributed by atoms with Gasteiger partial charge in [0.15, 0.2) is 5.78 Å². The molecule has 0 atom stereocenters. The number of terminal acetylenes is 1. The maximum Gasteiger partial charge on any atom is 0.410 e. The largest absolute Gasteiger partial charge is 0.444 e. The normalized spacial score (nSPS) is 17.3. The first kappa shape index (κ1) is 25.0. The number of carbonyl (C=O) groups excluding carboxylic acids is 4. The van der Waals surface area contributed by atoms with Gasteiger partial charge in [0.1, 0.15) is 11.1 Å². The van der Waals surface area contributed by atoms with E-state index in [1.807, 2.05) is 6.07 Å². The van der Waals surface area contributed by atoms with Crippen molar-refractivity contribution in [3.05, 3.63) is 65.7 Å². The molecular weight excluding hydrogens is 458 g/mol. The summed E-state index contributed by atoms with van der Waals surface area (Å²) in [5.74, 6) is 1.96. The minimum atomic E-state index is -1.14. The van der Waals surface area contributed by atoms with E-state index < -0.39 is 23.3 Å². The third-order valence-corrected chi connectivity index (χ3v) is 6.46. The molecule has 4 amide bonds. The van der Waals surface area contributed by atoms with Gasteiger partial charge in [-0.1, -0.05) is 36.3 Å². The van der Waals surface area contributed by atoms with Crippen LogP contribution >= 0.6 is 0 Å². The molecule has 8 nitrogen and oxygen atoms in total. The van der Waals surface area contributed by atoms with Crippen molar-refractivity contribution in [3.63, 3.8) is 0 Å². The molecule has 0 bridgehead atoms. The molecule has 0 unspecified atom stereocenters. The topological polar surface area (TPSA) is 87.2 Å². The molecule has 1 spiro atoms. The number of carbonyl (C=O) groups is 4. The Kier molecular flexibility index (Phi) is 6.59. The minimum absolute atomic E-state index is 0.0297. The van der Waals surface area contributed by atoms with Crippen LogP contribution in [-0.4, -0.2) is 64.4 Å². The van der Waals surface area contributed by atoms with E-state index in [9.17, 15) is 19.2 Å². The molecule has 2 fully saturated rings. The molecule has 2 aromatic carbocycles. The molecule has 0 aliphatic carbocycles. The van der Waals surface area contributed by atoms with Crippen LogP contribution < -0.4 is 4.90 Å². The first-order valence-corrected chi connectivity index (χ1v) is 11.8. The molecule has 0 N–H and O–H groups in total. The van der Waals surface area contributed by atoms with Gasteiger partial charge in [-0.15, -0.1) is 6.42 Å². The zero-order chi connectivity index (χ0) is 26.1. The number of ether oxygens (including phenoxy) is 1. The molecule has 0 aromatic heterocycles. The summed E-state index contributed by atoms with van der Waals surface area (Å²) in [6.07, 6.45) is 5.60. The van der Waals surface area contributed by atoms with E-state index in [0.717, 1.165) is 4.90 Å². The van der Waals surface area contributed by atoms with Gasteiger partial charge in [-0.2, -0.15) is 0 Å². The second kappa shape index (κ2) is 9.50. The van der Waals surface area contributed by atoms with Crippen LogP contribution in [0.4, 0.5) is 15.3 Å². The van der Waals surface area contributed by atoms with Crippen LogP contribution in [0.2, 0.25) is 0 Å². The zero-order valence-electron chi connectivity index (χ0n) is 20.7. The predicted octanol–water partition coefficient (Wildman–Crippen LogP) is 4.09. The Morgan fingerprint density at radius 2 is 1.56 bits per heavy atom. The molecule has 2 aliphatic heterocycles.